The summed E-state index contributed by atoms with van der Waals surface area (Å²) in [6, 6.07) is 7.69. The van der Waals surface area contributed by atoms with Crippen LogP contribution in [-0.2, 0) is 22.4 Å². The van der Waals surface area contributed by atoms with Crippen LogP contribution >= 0.6 is 23.2 Å². The molecule has 37 heavy (non-hydrogen) atoms. The molecule has 0 saturated carbocycles. The number of nitrogens with one attached hydrogen (secondary N) is 2. The molecule has 1 aromatic carbocycles. The second-order valence-electron chi connectivity index (χ2n) is 9.69. The highest BCUT2D eigenvalue weighted by atomic mass is 35.5. The largest absolute Gasteiger partial charge is 0.480 e. The van der Waals surface area contributed by atoms with Crippen LogP contribution in [0.25, 0.3) is 0 Å². The molecule has 3 heterocycles. The number of likely N-dealkylation sites (tertiary alicyclic amines) is 1. The van der Waals surface area contributed by atoms with Gasteiger partial charge in [0.05, 0.1) is 6.10 Å². The molecular formula is C27H34Cl2N4O4. The van der Waals surface area contributed by atoms with Gasteiger partial charge in [-0.05, 0) is 81.4 Å². The van der Waals surface area contributed by atoms with Gasteiger partial charge < -0.3 is 25.4 Å². The van der Waals surface area contributed by atoms with Crippen molar-refractivity contribution in [3.05, 3.63) is 57.2 Å². The van der Waals surface area contributed by atoms with E-state index in [0.29, 0.717) is 10.0 Å². The van der Waals surface area contributed by atoms with Crippen LogP contribution in [0.1, 0.15) is 53.7 Å². The number of aliphatic carboxylic acids is 1. The number of ether oxygens (including phenoxy) is 1. The molecule has 0 aliphatic carbocycles. The van der Waals surface area contributed by atoms with Crippen molar-refractivity contribution in [2.45, 2.75) is 57.1 Å². The van der Waals surface area contributed by atoms with Crippen LogP contribution in [-0.4, -0.2) is 71.8 Å². The number of aryl methyl sites for hydroxylation is 2. The highest BCUT2D eigenvalue weighted by molar-refractivity contribution is 6.35. The Morgan fingerprint density at radius 1 is 1.22 bits per heavy atom. The van der Waals surface area contributed by atoms with Gasteiger partial charge in [0.2, 0.25) is 0 Å². The lowest BCUT2D eigenvalue weighted by Gasteiger charge is -2.32. The molecule has 3 N–H and O–H groups in total. The maximum absolute atomic E-state index is 12.5. The number of pyridine rings is 1. The van der Waals surface area contributed by atoms with E-state index in [4.69, 9.17) is 32.9 Å². The van der Waals surface area contributed by atoms with Gasteiger partial charge in [-0.2, -0.15) is 0 Å². The van der Waals surface area contributed by atoms with Crippen molar-refractivity contribution in [2.75, 3.05) is 38.1 Å². The van der Waals surface area contributed by atoms with Crippen molar-refractivity contribution in [3.8, 4) is 0 Å². The predicted molar refractivity (Wildman–Crippen MR) is 145 cm³/mol. The van der Waals surface area contributed by atoms with Gasteiger partial charge in [-0.3, -0.25) is 4.79 Å². The van der Waals surface area contributed by atoms with Gasteiger partial charge in [0, 0.05) is 47.4 Å². The third-order valence-electron chi connectivity index (χ3n) is 6.81. The maximum atomic E-state index is 12.5. The lowest BCUT2D eigenvalue weighted by molar-refractivity contribution is -0.140. The number of halogens is 2. The number of amides is 1. The summed E-state index contributed by atoms with van der Waals surface area (Å²) < 4.78 is 6.03. The van der Waals surface area contributed by atoms with Crippen molar-refractivity contribution in [2.24, 2.45) is 0 Å². The SMILES string of the molecule is O=C(N[C@H](CCO[C@@H]1CCCN(CCCc2ccc3c(n2)NCCC3)C1)C(=O)O)c1cc(Cl)cc(Cl)c1. The van der Waals surface area contributed by atoms with Crippen LogP contribution < -0.4 is 10.6 Å². The summed E-state index contributed by atoms with van der Waals surface area (Å²) in [5.74, 6) is -0.603. The fraction of sp³-hybridized carbons (Fsp3) is 0.519. The van der Waals surface area contributed by atoms with Crippen molar-refractivity contribution >= 4 is 40.9 Å². The van der Waals surface area contributed by atoms with E-state index in [1.165, 1.54) is 23.8 Å². The number of carboxylic acids is 1. The summed E-state index contributed by atoms with van der Waals surface area (Å²) in [7, 11) is 0. The third-order valence-corrected chi connectivity index (χ3v) is 7.25. The molecule has 0 unspecified atom stereocenters. The van der Waals surface area contributed by atoms with Crippen LogP contribution in [0, 0.1) is 0 Å². The molecule has 8 nitrogen and oxygen atoms in total. The fourth-order valence-electron chi connectivity index (χ4n) is 4.88. The quantitative estimate of drug-likeness (QED) is 0.381. The molecule has 2 aliphatic heterocycles. The minimum absolute atomic E-state index is 0.0525. The number of carboxylic acid groups (broad SMARTS) is 1. The van der Waals surface area contributed by atoms with Crippen molar-refractivity contribution in [1.82, 2.24) is 15.2 Å². The standard InChI is InChI=1S/C27H34Cl2N4O4/c28-20-14-19(15-21(29)16-20)26(34)32-24(27(35)36)9-13-37-23-6-3-12-33(17-23)11-2-5-22-8-7-18-4-1-10-30-25(18)31-22/h7-8,14-16,23-24H,1-6,9-13,17H2,(H,30,31)(H,32,34)(H,35,36)/t23-,24-/m1/s1. The van der Waals surface area contributed by atoms with Gasteiger partial charge in [0.25, 0.3) is 5.91 Å². The molecular weight excluding hydrogens is 515 g/mol. The summed E-state index contributed by atoms with van der Waals surface area (Å²) in [4.78, 5) is 31.4. The van der Waals surface area contributed by atoms with E-state index in [1.807, 2.05) is 0 Å². The number of fused-ring (bicyclic) bond motifs is 1. The van der Waals surface area contributed by atoms with Gasteiger partial charge in [-0.15, -0.1) is 0 Å². The third kappa shape index (κ3) is 8.30. The molecule has 0 bridgehead atoms. The Morgan fingerprint density at radius 3 is 2.81 bits per heavy atom. The number of carbonyl (C=O) groups is 2. The number of nitrogens with zero attached hydrogens (tertiary/aromatic N) is 2. The van der Waals surface area contributed by atoms with Gasteiger partial charge in [0.1, 0.15) is 11.9 Å². The topological polar surface area (TPSA) is 104 Å². The Labute approximate surface area is 227 Å². The molecule has 1 fully saturated rings. The Morgan fingerprint density at radius 2 is 2.03 bits per heavy atom. The normalized spacial score (nSPS) is 18.5. The average Bonchev–Trinajstić information content (AvgIpc) is 2.87. The molecule has 2 aliphatic rings. The second-order valence-corrected chi connectivity index (χ2v) is 10.6. The van der Waals surface area contributed by atoms with Gasteiger partial charge in [-0.25, -0.2) is 9.78 Å². The molecule has 2 aromatic rings. The number of carbonyl (C=O) groups excluding carboxylic acids is 1. The minimum atomic E-state index is -1.11. The summed E-state index contributed by atoms with van der Waals surface area (Å²) in [5.41, 5.74) is 2.65. The number of hydrogen-bond acceptors (Lipinski definition) is 6. The molecule has 1 saturated heterocycles. The Kier molecular flexibility index (Phi) is 10.0. The van der Waals surface area contributed by atoms with E-state index in [9.17, 15) is 14.7 Å². The molecule has 2 atom stereocenters. The van der Waals surface area contributed by atoms with Gasteiger partial charge in [0.15, 0.2) is 0 Å². The monoisotopic (exact) mass is 548 g/mol. The van der Waals surface area contributed by atoms with E-state index in [0.717, 1.165) is 76.2 Å². The van der Waals surface area contributed by atoms with E-state index in [-0.39, 0.29) is 24.7 Å². The lowest BCUT2D eigenvalue weighted by atomic mass is 10.1. The number of hydrogen-bond donors (Lipinski definition) is 3. The average molecular weight is 549 g/mol. The maximum Gasteiger partial charge on any atom is 0.326 e. The Hall–Kier alpha value is -2.39. The van der Waals surface area contributed by atoms with Crippen LogP contribution in [0.15, 0.2) is 30.3 Å². The summed E-state index contributed by atoms with van der Waals surface area (Å²) in [6.07, 6.45) is 6.44. The number of aromatic nitrogens is 1. The lowest BCUT2D eigenvalue weighted by Crippen LogP contribution is -2.43. The van der Waals surface area contributed by atoms with Crippen LogP contribution in [0.4, 0.5) is 5.82 Å². The van der Waals surface area contributed by atoms with Crippen molar-refractivity contribution < 1.29 is 19.4 Å². The van der Waals surface area contributed by atoms with E-state index in [1.54, 1.807) is 0 Å². The second kappa shape index (κ2) is 13.4. The summed E-state index contributed by atoms with van der Waals surface area (Å²) in [5, 5.41) is 16.1. The molecule has 1 aromatic heterocycles. The van der Waals surface area contributed by atoms with Crippen molar-refractivity contribution in [1.29, 1.82) is 0 Å². The van der Waals surface area contributed by atoms with Crippen molar-refractivity contribution in [3.63, 3.8) is 0 Å². The highest BCUT2D eigenvalue weighted by Crippen LogP contribution is 2.21. The zero-order valence-corrected chi connectivity index (χ0v) is 22.4. The fourth-order valence-corrected chi connectivity index (χ4v) is 5.41. The highest BCUT2D eigenvalue weighted by Gasteiger charge is 2.24. The number of rotatable bonds is 11. The first-order chi connectivity index (χ1) is 17.9. The van der Waals surface area contributed by atoms with Gasteiger partial charge in [-0.1, -0.05) is 29.3 Å². The van der Waals surface area contributed by atoms with Crippen LogP contribution in [0.2, 0.25) is 10.0 Å². The summed E-state index contributed by atoms with van der Waals surface area (Å²) in [6.45, 7) is 4.08. The number of piperidine rings is 1. The van der Waals surface area contributed by atoms with Crippen LogP contribution in [0.3, 0.4) is 0 Å². The molecule has 4 rings (SSSR count). The molecule has 1 amide bonds. The molecule has 0 radical (unpaired) electrons. The zero-order chi connectivity index (χ0) is 26.2. The molecule has 10 heteroatoms. The first-order valence-corrected chi connectivity index (χ1v) is 13.7. The number of benzene rings is 1. The Bertz CT molecular complexity index is 1080. The van der Waals surface area contributed by atoms with Crippen LogP contribution in [0.5, 0.6) is 0 Å². The predicted octanol–water partition coefficient (Wildman–Crippen LogP) is 4.43. The molecule has 0 spiro atoms. The van der Waals surface area contributed by atoms with Gasteiger partial charge >= 0.3 is 5.97 Å². The zero-order valence-electron chi connectivity index (χ0n) is 20.8. The first-order valence-electron chi connectivity index (χ1n) is 12.9. The smallest absolute Gasteiger partial charge is 0.326 e. The molecule has 200 valence electrons. The van der Waals surface area contributed by atoms with E-state index in [2.05, 4.69) is 27.7 Å². The Balaban J connectivity index is 1.18. The van der Waals surface area contributed by atoms with E-state index >= 15 is 0 Å². The first kappa shape index (κ1) is 27.6. The van der Waals surface area contributed by atoms with E-state index < -0.39 is 17.9 Å². The number of anilines is 1. The summed E-state index contributed by atoms with van der Waals surface area (Å²) >= 11 is 11.9. The minimum Gasteiger partial charge on any atom is -0.480 e.